The minimum absolute atomic E-state index is 0.122. The molecule has 32 heavy (non-hydrogen) atoms. The highest BCUT2D eigenvalue weighted by atomic mass is 32.2. The molecule has 0 bridgehead atoms. The number of hydrogen-bond acceptors (Lipinski definition) is 6. The number of thiophene rings is 1. The van der Waals surface area contributed by atoms with Crippen LogP contribution in [-0.2, 0) is 24.2 Å². The third-order valence-electron chi connectivity index (χ3n) is 5.68. The molecule has 0 saturated heterocycles. The molecule has 2 aromatic heterocycles. The highest BCUT2D eigenvalue weighted by molar-refractivity contribution is 7.99. The Balaban J connectivity index is 1.46. The summed E-state index contributed by atoms with van der Waals surface area (Å²) >= 11 is 2.95. The van der Waals surface area contributed by atoms with Gasteiger partial charge in [-0.15, -0.1) is 21.5 Å². The molecule has 0 radical (unpaired) electrons. The van der Waals surface area contributed by atoms with Crippen LogP contribution < -0.4 is 5.32 Å². The fraction of sp³-hybridized carbons (Fsp3) is 0.417. The highest BCUT2D eigenvalue weighted by Gasteiger charge is 2.21. The monoisotopic (exact) mass is 465 g/mol. The summed E-state index contributed by atoms with van der Waals surface area (Å²) in [6.07, 6.45) is 6.64. The molecule has 1 aromatic carbocycles. The smallest absolute Gasteiger partial charge is 0.235 e. The van der Waals surface area contributed by atoms with Gasteiger partial charge in [-0.2, -0.15) is 5.26 Å². The molecule has 8 heteroatoms. The summed E-state index contributed by atoms with van der Waals surface area (Å²) in [5.41, 5.74) is 3.99. The molecule has 0 fully saturated rings. The Bertz CT molecular complexity index is 1160. The average molecular weight is 466 g/mol. The van der Waals surface area contributed by atoms with Crippen LogP contribution in [0.2, 0.25) is 0 Å². The lowest BCUT2D eigenvalue weighted by atomic mass is 9.97. The normalized spacial score (nSPS) is 13.7. The zero-order valence-electron chi connectivity index (χ0n) is 18.5. The Morgan fingerprint density at radius 3 is 2.81 bits per heavy atom. The predicted octanol–water partition coefficient (Wildman–Crippen LogP) is 5.60. The van der Waals surface area contributed by atoms with E-state index in [9.17, 15) is 10.1 Å². The first-order valence-corrected chi connectivity index (χ1v) is 12.9. The van der Waals surface area contributed by atoms with Gasteiger partial charge in [0.15, 0.2) is 11.0 Å². The fourth-order valence-electron chi connectivity index (χ4n) is 4.10. The molecule has 0 unspecified atom stereocenters. The summed E-state index contributed by atoms with van der Waals surface area (Å²) < 4.78 is 2.03. The number of hydrogen-bond donors (Lipinski definition) is 1. The van der Waals surface area contributed by atoms with Crippen molar-refractivity contribution < 1.29 is 4.79 Å². The molecule has 3 aromatic rings. The second kappa shape index (κ2) is 10.3. The van der Waals surface area contributed by atoms with Crippen molar-refractivity contribution in [2.45, 2.75) is 64.1 Å². The zero-order chi connectivity index (χ0) is 22.5. The molecule has 1 aliphatic rings. The minimum atomic E-state index is -0.122. The van der Waals surface area contributed by atoms with Crippen molar-refractivity contribution in [3.8, 4) is 17.5 Å². The average Bonchev–Trinajstić information content (AvgIpc) is 3.32. The summed E-state index contributed by atoms with van der Waals surface area (Å²) in [5, 5.41) is 22.8. The number of amides is 1. The lowest BCUT2D eigenvalue weighted by Gasteiger charge is -2.09. The van der Waals surface area contributed by atoms with Crippen molar-refractivity contribution in [1.29, 1.82) is 5.26 Å². The van der Waals surface area contributed by atoms with Crippen molar-refractivity contribution in [1.82, 2.24) is 14.8 Å². The Morgan fingerprint density at radius 2 is 2.06 bits per heavy atom. The van der Waals surface area contributed by atoms with E-state index >= 15 is 0 Å². The van der Waals surface area contributed by atoms with Crippen LogP contribution in [0.25, 0.3) is 11.4 Å². The Labute approximate surface area is 197 Å². The number of aromatic nitrogens is 3. The zero-order valence-corrected chi connectivity index (χ0v) is 20.1. The number of fused-ring (bicyclic) bond motifs is 1. The van der Waals surface area contributed by atoms with Gasteiger partial charge in [-0.1, -0.05) is 48.4 Å². The lowest BCUT2D eigenvalue weighted by Crippen LogP contribution is -2.14. The molecule has 1 aliphatic carbocycles. The summed E-state index contributed by atoms with van der Waals surface area (Å²) in [5.74, 6) is 0.909. The molecule has 0 aliphatic heterocycles. The van der Waals surface area contributed by atoms with Gasteiger partial charge in [0.25, 0.3) is 0 Å². The van der Waals surface area contributed by atoms with Gasteiger partial charge >= 0.3 is 0 Å². The first kappa shape index (κ1) is 22.6. The molecule has 166 valence electrons. The molecule has 0 atom stereocenters. The number of rotatable bonds is 6. The van der Waals surface area contributed by atoms with Crippen LogP contribution in [0, 0.1) is 18.3 Å². The third kappa shape index (κ3) is 4.89. The SMILES string of the molecule is CCn1c(SCC(=O)Nc2sc3c(c2C#N)CCCCCC3)nnc1-c1cccc(C)c1. The number of thioether (sulfide) groups is 1. The number of carbonyl (C=O) groups is 1. The van der Waals surface area contributed by atoms with Gasteiger partial charge in [0.1, 0.15) is 11.1 Å². The van der Waals surface area contributed by atoms with Gasteiger partial charge in [0.05, 0.1) is 11.3 Å². The van der Waals surface area contributed by atoms with Gasteiger partial charge < -0.3 is 9.88 Å². The predicted molar refractivity (Wildman–Crippen MR) is 130 cm³/mol. The first-order valence-electron chi connectivity index (χ1n) is 11.1. The van der Waals surface area contributed by atoms with Gasteiger partial charge in [0.2, 0.25) is 5.91 Å². The van der Waals surface area contributed by atoms with Gasteiger partial charge in [-0.25, -0.2) is 0 Å². The van der Waals surface area contributed by atoms with Crippen LogP contribution in [0.1, 0.15) is 54.2 Å². The number of nitrogens with zero attached hydrogens (tertiary/aromatic N) is 4. The van der Waals surface area contributed by atoms with E-state index in [2.05, 4.69) is 40.6 Å². The number of nitrogens with one attached hydrogen (secondary N) is 1. The summed E-state index contributed by atoms with van der Waals surface area (Å²) in [4.78, 5) is 14.0. The number of nitriles is 1. The summed E-state index contributed by atoms with van der Waals surface area (Å²) in [6.45, 7) is 4.82. The van der Waals surface area contributed by atoms with Crippen molar-refractivity contribution in [3.63, 3.8) is 0 Å². The van der Waals surface area contributed by atoms with Crippen LogP contribution in [0.3, 0.4) is 0 Å². The summed E-state index contributed by atoms with van der Waals surface area (Å²) in [6, 6.07) is 10.5. The van der Waals surface area contributed by atoms with Crippen LogP contribution in [0.5, 0.6) is 0 Å². The lowest BCUT2D eigenvalue weighted by molar-refractivity contribution is -0.113. The molecule has 0 spiro atoms. The number of aryl methyl sites for hydroxylation is 2. The first-order chi connectivity index (χ1) is 15.6. The van der Waals surface area contributed by atoms with Gasteiger partial charge in [-0.05, 0) is 51.2 Å². The Hall–Kier alpha value is -2.63. The maximum atomic E-state index is 12.7. The molecule has 4 rings (SSSR count). The molecule has 0 saturated carbocycles. The van der Waals surface area contributed by atoms with E-state index in [0.29, 0.717) is 10.6 Å². The van der Waals surface area contributed by atoms with E-state index in [1.54, 1.807) is 11.3 Å². The molecule has 1 N–H and O–H groups in total. The molecule has 6 nitrogen and oxygen atoms in total. The van der Waals surface area contributed by atoms with Gasteiger partial charge in [0, 0.05) is 17.0 Å². The maximum Gasteiger partial charge on any atom is 0.235 e. The molecule has 1 amide bonds. The summed E-state index contributed by atoms with van der Waals surface area (Å²) in [7, 11) is 0. The Morgan fingerprint density at radius 1 is 1.25 bits per heavy atom. The highest BCUT2D eigenvalue weighted by Crippen LogP contribution is 2.36. The third-order valence-corrected chi connectivity index (χ3v) is 7.85. The van der Waals surface area contributed by atoms with E-state index in [1.807, 2.05) is 23.6 Å². The maximum absolute atomic E-state index is 12.7. The fourth-order valence-corrected chi connectivity index (χ4v) is 6.16. The second-order valence-corrected chi connectivity index (χ2v) is 10.0. The molecule has 2 heterocycles. The topological polar surface area (TPSA) is 83.6 Å². The number of benzene rings is 1. The van der Waals surface area contributed by atoms with E-state index in [1.165, 1.54) is 35.0 Å². The van der Waals surface area contributed by atoms with E-state index in [0.717, 1.165) is 54.3 Å². The molecular formula is C24H27N5OS2. The van der Waals surface area contributed by atoms with Crippen LogP contribution >= 0.6 is 23.1 Å². The van der Waals surface area contributed by atoms with Crippen molar-refractivity contribution in [3.05, 3.63) is 45.8 Å². The van der Waals surface area contributed by atoms with E-state index in [-0.39, 0.29) is 11.7 Å². The van der Waals surface area contributed by atoms with E-state index < -0.39 is 0 Å². The second-order valence-electron chi connectivity index (χ2n) is 7.99. The minimum Gasteiger partial charge on any atom is -0.316 e. The van der Waals surface area contributed by atoms with Gasteiger partial charge in [-0.3, -0.25) is 4.79 Å². The van der Waals surface area contributed by atoms with Crippen LogP contribution in [0.4, 0.5) is 5.00 Å². The standard InChI is InChI=1S/C24H27N5OS2/c1-3-29-22(17-10-8-9-16(2)13-17)27-28-24(29)31-15-21(30)26-23-19(14-25)18-11-6-4-5-7-12-20(18)32-23/h8-10,13H,3-7,11-12,15H2,1-2H3,(H,26,30). The van der Waals surface area contributed by atoms with Crippen molar-refractivity contribution in [2.75, 3.05) is 11.1 Å². The largest absolute Gasteiger partial charge is 0.316 e. The number of carbonyl (C=O) groups excluding carboxylic acids is 1. The number of anilines is 1. The van der Waals surface area contributed by atoms with Crippen molar-refractivity contribution >= 4 is 34.0 Å². The van der Waals surface area contributed by atoms with Crippen molar-refractivity contribution in [2.24, 2.45) is 0 Å². The Kier molecular flexibility index (Phi) is 7.28. The quantitative estimate of drug-likeness (QED) is 0.479. The van der Waals surface area contributed by atoms with Crippen LogP contribution in [-0.4, -0.2) is 26.4 Å². The van der Waals surface area contributed by atoms with E-state index in [4.69, 9.17) is 0 Å². The molecular weight excluding hydrogens is 438 g/mol. The van der Waals surface area contributed by atoms with Crippen LogP contribution in [0.15, 0.2) is 29.4 Å².